The third-order valence-corrected chi connectivity index (χ3v) is 9.39. The SMILES string of the molecule is CC(C)(C)OC(=O)N[C@@H](Cc1ccccc1)[C@@H](O)C[C@@H](Cc1ccc(OCCN2CCCCC2)cc1)C(=O)NC1c2ccccc2C[C@H]1O. The van der Waals surface area contributed by atoms with Gasteiger partial charge in [-0.3, -0.25) is 9.69 Å². The van der Waals surface area contributed by atoms with Gasteiger partial charge in [0.15, 0.2) is 0 Å². The number of amides is 2. The molecule has 1 unspecified atom stereocenters. The number of aliphatic hydroxyl groups excluding tert-OH is 2. The van der Waals surface area contributed by atoms with E-state index in [2.05, 4.69) is 15.5 Å². The van der Waals surface area contributed by atoms with Crippen LogP contribution in [0.4, 0.5) is 4.79 Å². The first-order valence-electron chi connectivity index (χ1n) is 17.8. The first-order chi connectivity index (χ1) is 23.5. The minimum Gasteiger partial charge on any atom is -0.492 e. The number of aliphatic hydroxyl groups is 2. The van der Waals surface area contributed by atoms with Crippen LogP contribution in [-0.2, 0) is 28.8 Å². The average molecular weight is 672 g/mol. The van der Waals surface area contributed by atoms with E-state index in [4.69, 9.17) is 9.47 Å². The average Bonchev–Trinajstić information content (AvgIpc) is 3.39. The third-order valence-electron chi connectivity index (χ3n) is 9.39. The van der Waals surface area contributed by atoms with Crippen molar-refractivity contribution in [2.24, 2.45) is 5.92 Å². The van der Waals surface area contributed by atoms with Crippen molar-refractivity contribution < 1.29 is 29.3 Å². The van der Waals surface area contributed by atoms with Gasteiger partial charge in [-0.05, 0) is 100 Å². The van der Waals surface area contributed by atoms with E-state index in [1.807, 2.05) is 78.9 Å². The van der Waals surface area contributed by atoms with Gasteiger partial charge in [0.2, 0.25) is 5.91 Å². The van der Waals surface area contributed by atoms with Gasteiger partial charge in [-0.2, -0.15) is 0 Å². The van der Waals surface area contributed by atoms with E-state index in [1.165, 1.54) is 19.3 Å². The Morgan fingerprint density at radius 3 is 2.29 bits per heavy atom. The Kier molecular flexibility index (Phi) is 12.7. The zero-order valence-electron chi connectivity index (χ0n) is 29.1. The molecule has 5 rings (SSSR count). The van der Waals surface area contributed by atoms with Crippen molar-refractivity contribution in [1.29, 1.82) is 0 Å². The Morgan fingerprint density at radius 1 is 0.898 bits per heavy atom. The van der Waals surface area contributed by atoms with E-state index in [-0.39, 0.29) is 12.3 Å². The van der Waals surface area contributed by atoms with E-state index in [0.717, 1.165) is 47.6 Å². The second-order valence-electron chi connectivity index (χ2n) is 14.5. The zero-order chi connectivity index (χ0) is 34.8. The number of rotatable bonds is 14. The molecule has 1 fully saturated rings. The largest absolute Gasteiger partial charge is 0.492 e. The number of likely N-dealkylation sites (tertiary alicyclic amines) is 1. The number of carbonyl (C=O) groups excluding carboxylic acids is 2. The normalized spacial score (nSPS) is 19.7. The smallest absolute Gasteiger partial charge is 0.407 e. The molecule has 5 atom stereocenters. The zero-order valence-corrected chi connectivity index (χ0v) is 29.1. The third kappa shape index (κ3) is 11.0. The lowest BCUT2D eigenvalue weighted by molar-refractivity contribution is -0.127. The number of carbonyl (C=O) groups is 2. The van der Waals surface area contributed by atoms with Crippen molar-refractivity contribution in [1.82, 2.24) is 15.5 Å². The molecule has 2 amide bonds. The van der Waals surface area contributed by atoms with Crippen molar-refractivity contribution in [3.05, 3.63) is 101 Å². The quantitative estimate of drug-likeness (QED) is 0.182. The van der Waals surface area contributed by atoms with Crippen LogP contribution in [0.15, 0.2) is 78.9 Å². The molecule has 4 N–H and O–H groups in total. The number of hydrogen-bond donors (Lipinski definition) is 4. The minimum atomic E-state index is -1.07. The molecule has 9 nitrogen and oxygen atoms in total. The second-order valence-corrected chi connectivity index (χ2v) is 14.5. The van der Waals surface area contributed by atoms with Crippen LogP contribution in [0.3, 0.4) is 0 Å². The van der Waals surface area contributed by atoms with Gasteiger partial charge in [-0.15, -0.1) is 0 Å². The fourth-order valence-electron chi connectivity index (χ4n) is 6.85. The highest BCUT2D eigenvalue weighted by Crippen LogP contribution is 2.32. The predicted octanol–water partition coefficient (Wildman–Crippen LogP) is 5.37. The standard InChI is InChI=1S/C40H53N3O6/c1-40(2,3)49-39(47)41-34(25-28-12-6-4-7-13-28)35(44)27-31(38(46)42-37-33-15-9-8-14-30(33)26-36(37)45)24-29-16-18-32(19-17-29)48-23-22-43-20-10-5-11-21-43/h4,6-9,12-19,31,34-37,44-45H,5,10-11,20-27H2,1-3H3,(H,41,47)(H,42,46)/t31-,34+,35+,36-,37?/m1/s1. The van der Waals surface area contributed by atoms with Gasteiger partial charge in [0.05, 0.1) is 24.3 Å². The first kappa shape index (κ1) is 36.4. The Balaban J connectivity index is 1.31. The van der Waals surface area contributed by atoms with Crippen LogP contribution < -0.4 is 15.4 Å². The van der Waals surface area contributed by atoms with Crippen molar-refractivity contribution in [3.8, 4) is 5.75 Å². The molecular formula is C40H53N3O6. The second kappa shape index (κ2) is 17.1. The van der Waals surface area contributed by atoms with Gasteiger partial charge in [-0.25, -0.2) is 4.79 Å². The van der Waals surface area contributed by atoms with Gasteiger partial charge in [0.1, 0.15) is 18.0 Å². The van der Waals surface area contributed by atoms with Gasteiger partial charge in [0.25, 0.3) is 0 Å². The van der Waals surface area contributed by atoms with Crippen LogP contribution >= 0.6 is 0 Å². The van der Waals surface area contributed by atoms with Crippen molar-refractivity contribution in [2.45, 2.75) is 95.6 Å². The number of hydrogen-bond acceptors (Lipinski definition) is 7. The molecule has 0 aromatic heterocycles. The lowest BCUT2D eigenvalue weighted by Gasteiger charge is -2.30. The monoisotopic (exact) mass is 671 g/mol. The number of nitrogens with zero attached hydrogens (tertiary/aromatic N) is 1. The summed E-state index contributed by atoms with van der Waals surface area (Å²) in [5.41, 5.74) is 3.06. The number of nitrogens with one attached hydrogen (secondary N) is 2. The van der Waals surface area contributed by atoms with Crippen LogP contribution in [-0.4, -0.2) is 77.2 Å². The van der Waals surface area contributed by atoms with Gasteiger partial charge < -0.3 is 30.3 Å². The van der Waals surface area contributed by atoms with Crippen LogP contribution in [0.1, 0.15) is 74.8 Å². The lowest BCUT2D eigenvalue weighted by atomic mass is 9.88. The highest BCUT2D eigenvalue weighted by atomic mass is 16.6. The van der Waals surface area contributed by atoms with Gasteiger partial charge in [0, 0.05) is 18.9 Å². The molecular weight excluding hydrogens is 618 g/mol. The summed E-state index contributed by atoms with van der Waals surface area (Å²) in [6.07, 6.45) is 2.61. The molecule has 0 saturated carbocycles. The highest BCUT2D eigenvalue weighted by molar-refractivity contribution is 5.80. The lowest BCUT2D eigenvalue weighted by Crippen LogP contribution is -2.48. The van der Waals surface area contributed by atoms with E-state index in [9.17, 15) is 19.8 Å². The molecule has 49 heavy (non-hydrogen) atoms. The molecule has 9 heteroatoms. The molecule has 264 valence electrons. The summed E-state index contributed by atoms with van der Waals surface area (Å²) >= 11 is 0. The molecule has 0 bridgehead atoms. The van der Waals surface area contributed by atoms with E-state index in [0.29, 0.717) is 25.9 Å². The predicted molar refractivity (Wildman–Crippen MR) is 190 cm³/mol. The number of piperidine rings is 1. The molecule has 1 saturated heterocycles. The first-order valence-corrected chi connectivity index (χ1v) is 17.8. The maximum atomic E-state index is 14.1. The number of fused-ring (bicyclic) bond motifs is 1. The Labute approximate surface area is 291 Å². The molecule has 3 aromatic rings. The van der Waals surface area contributed by atoms with Crippen molar-refractivity contribution in [3.63, 3.8) is 0 Å². The highest BCUT2D eigenvalue weighted by Gasteiger charge is 2.35. The van der Waals surface area contributed by atoms with Gasteiger partial charge in [-0.1, -0.05) is 73.2 Å². The van der Waals surface area contributed by atoms with Crippen molar-refractivity contribution >= 4 is 12.0 Å². The van der Waals surface area contributed by atoms with Crippen LogP contribution in [0, 0.1) is 5.92 Å². The van der Waals surface area contributed by atoms with E-state index in [1.54, 1.807) is 20.8 Å². The molecule has 2 aliphatic rings. The topological polar surface area (TPSA) is 120 Å². The molecule has 1 aliphatic heterocycles. The summed E-state index contributed by atoms with van der Waals surface area (Å²) in [5, 5.41) is 28.6. The number of ether oxygens (including phenoxy) is 2. The van der Waals surface area contributed by atoms with Gasteiger partial charge >= 0.3 is 6.09 Å². The molecule has 0 spiro atoms. The molecule has 1 heterocycles. The summed E-state index contributed by atoms with van der Waals surface area (Å²) in [6, 6.07) is 23.9. The molecule has 0 radical (unpaired) electrons. The van der Waals surface area contributed by atoms with E-state index >= 15 is 0 Å². The Bertz CT molecular complexity index is 1490. The van der Waals surface area contributed by atoms with Crippen LogP contribution in [0.25, 0.3) is 0 Å². The summed E-state index contributed by atoms with van der Waals surface area (Å²) < 4.78 is 11.6. The Morgan fingerprint density at radius 2 is 1.57 bits per heavy atom. The number of benzene rings is 3. The minimum absolute atomic E-state index is 0.0810. The van der Waals surface area contributed by atoms with E-state index < -0.39 is 41.9 Å². The summed E-state index contributed by atoms with van der Waals surface area (Å²) in [6.45, 7) is 9.14. The maximum absolute atomic E-state index is 14.1. The summed E-state index contributed by atoms with van der Waals surface area (Å²) in [7, 11) is 0. The van der Waals surface area contributed by atoms with Crippen LogP contribution in [0.5, 0.6) is 5.75 Å². The maximum Gasteiger partial charge on any atom is 0.407 e. The molecule has 1 aliphatic carbocycles. The van der Waals surface area contributed by atoms with Crippen molar-refractivity contribution in [2.75, 3.05) is 26.2 Å². The summed E-state index contributed by atoms with van der Waals surface area (Å²) in [4.78, 5) is 29.4. The fraction of sp³-hybridized carbons (Fsp3) is 0.500. The molecule has 3 aromatic carbocycles. The Hall–Kier alpha value is -3.92. The number of alkyl carbamates (subject to hydrolysis) is 1. The summed E-state index contributed by atoms with van der Waals surface area (Å²) in [5.74, 6) is -0.145. The van der Waals surface area contributed by atoms with Crippen LogP contribution in [0.2, 0.25) is 0 Å². The fourth-order valence-corrected chi connectivity index (χ4v) is 6.85.